The van der Waals surface area contributed by atoms with Crippen molar-refractivity contribution < 1.29 is 9.59 Å². The van der Waals surface area contributed by atoms with Crippen molar-refractivity contribution >= 4 is 39.3 Å². The molecule has 0 unspecified atom stereocenters. The summed E-state index contributed by atoms with van der Waals surface area (Å²) >= 11 is 0. The van der Waals surface area contributed by atoms with Crippen molar-refractivity contribution in [2.45, 2.75) is 6.54 Å². The van der Waals surface area contributed by atoms with Gasteiger partial charge in [-0.2, -0.15) is 0 Å². The Balaban J connectivity index is 1.69. The van der Waals surface area contributed by atoms with Crippen molar-refractivity contribution in [1.29, 1.82) is 0 Å². The van der Waals surface area contributed by atoms with E-state index in [0.717, 1.165) is 21.5 Å². The maximum atomic E-state index is 13.1. The van der Waals surface area contributed by atoms with E-state index in [2.05, 4.69) is 21.5 Å². The minimum atomic E-state index is -0.287. The average Bonchev–Trinajstić information content (AvgIpc) is 3.12. The van der Waals surface area contributed by atoms with Gasteiger partial charge >= 0.3 is 0 Å². The zero-order valence-corrected chi connectivity index (χ0v) is 15.6. The molecule has 1 N–H and O–H groups in total. The van der Waals surface area contributed by atoms with Gasteiger partial charge < -0.3 is 4.90 Å². The molecule has 0 aliphatic rings. The molecule has 7 heteroatoms. The van der Waals surface area contributed by atoms with Gasteiger partial charge in [0.1, 0.15) is 12.9 Å². The van der Waals surface area contributed by atoms with E-state index in [1.165, 1.54) is 15.9 Å². The van der Waals surface area contributed by atoms with Gasteiger partial charge in [-0.15, -0.1) is 5.10 Å². The van der Waals surface area contributed by atoms with Crippen LogP contribution in [0.4, 0.5) is 5.95 Å². The molecular formula is C21H19N5O2. The number of nitrogens with one attached hydrogen (secondary N) is 1. The molecule has 0 fully saturated rings. The van der Waals surface area contributed by atoms with Gasteiger partial charge in [0.25, 0.3) is 5.91 Å². The Labute approximate surface area is 161 Å². The van der Waals surface area contributed by atoms with Crippen LogP contribution in [0.3, 0.4) is 0 Å². The summed E-state index contributed by atoms with van der Waals surface area (Å²) < 4.78 is 1.40. The number of hydrogen-bond donors (Lipinski definition) is 1. The summed E-state index contributed by atoms with van der Waals surface area (Å²) in [4.78, 5) is 30.5. The SMILES string of the molecule is CN(C)C(=O)Cn1cnc(NC(=O)c2c3ccccc3cc3ccccc23)n1. The molecule has 1 heterocycles. The van der Waals surface area contributed by atoms with Crippen molar-refractivity contribution in [3.8, 4) is 0 Å². The van der Waals surface area contributed by atoms with Gasteiger partial charge in [-0.3, -0.25) is 14.9 Å². The lowest BCUT2D eigenvalue weighted by Gasteiger charge is -2.11. The van der Waals surface area contributed by atoms with Crippen molar-refractivity contribution in [3.05, 3.63) is 66.5 Å². The van der Waals surface area contributed by atoms with Crippen LogP contribution >= 0.6 is 0 Å². The molecule has 0 saturated carbocycles. The highest BCUT2D eigenvalue weighted by molar-refractivity contribution is 6.21. The fourth-order valence-corrected chi connectivity index (χ4v) is 3.13. The predicted molar refractivity (Wildman–Crippen MR) is 108 cm³/mol. The van der Waals surface area contributed by atoms with Crippen molar-refractivity contribution in [2.24, 2.45) is 0 Å². The first-order valence-electron chi connectivity index (χ1n) is 8.84. The summed E-state index contributed by atoms with van der Waals surface area (Å²) in [5.74, 6) is -0.235. The molecule has 0 radical (unpaired) electrons. The molecule has 28 heavy (non-hydrogen) atoms. The molecule has 4 aromatic rings. The van der Waals surface area contributed by atoms with E-state index in [9.17, 15) is 9.59 Å². The van der Waals surface area contributed by atoms with Crippen LogP contribution in [0.5, 0.6) is 0 Å². The second kappa shape index (κ2) is 7.11. The van der Waals surface area contributed by atoms with Crippen LogP contribution in [0.15, 0.2) is 60.9 Å². The fraction of sp³-hybridized carbons (Fsp3) is 0.143. The van der Waals surface area contributed by atoms with Gasteiger partial charge in [0, 0.05) is 14.1 Å². The van der Waals surface area contributed by atoms with Crippen LogP contribution in [0.2, 0.25) is 0 Å². The van der Waals surface area contributed by atoms with E-state index in [1.54, 1.807) is 14.1 Å². The number of fused-ring (bicyclic) bond motifs is 2. The number of rotatable bonds is 4. The summed E-state index contributed by atoms with van der Waals surface area (Å²) in [6.45, 7) is 0.0626. The Morgan fingerprint density at radius 2 is 1.61 bits per heavy atom. The molecule has 3 aromatic carbocycles. The highest BCUT2D eigenvalue weighted by Gasteiger charge is 2.17. The number of hydrogen-bond acceptors (Lipinski definition) is 4. The van der Waals surface area contributed by atoms with Gasteiger partial charge in [-0.1, -0.05) is 48.5 Å². The third-order valence-electron chi connectivity index (χ3n) is 4.56. The minimum absolute atomic E-state index is 0.0626. The predicted octanol–water partition coefficient (Wildman–Crippen LogP) is 2.93. The van der Waals surface area contributed by atoms with E-state index in [1.807, 2.05) is 48.5 Å². The van der Waals surface area contributed by atoms with Crippen LogP contribution in [0, 0.1) is 0 Å². The first kappa shape index (κ1) is 17.7. The topological polar surface area (TPSA) is 80.1 Å². The molecule has 0 saturated heterocycles. The van der Waals surface area contributed by atoms with Crippen molar-refractivity contribution in [3.63, 3.8) is 0 Å². The Morgan fingerprint density at radius 3 is 2.21 bits per heavy atom. The van der Waals surface area contributed by atoms with Gasteiger partial charge in [0.15, 0.2) is 0 Å². The quantitative estimate of drug-likeness (QED) is 0.558. The van der Waals surface area contributed by atoms with Crippen LogP contribution in [0.1, 0.15) is 10.4 Å². The zero-order valence-electron chi connectivity index (χ0n) is 15.6. The lowest BCUT2D eigenvalue weighted by atomic mass is 9.96. The molecule has 2 amide bonds. The van der Waals surface area contributed by atoms with Gasteiger partial charge in [0.2, 0.25) is 11.9 Å². The molecule has 0 aliphatic heterocycles. The molecule has 0 bridgehead atoms. The zero-order chi connectivity index (χ0) is 19.7. The van der Waals surface area contributed by atoms with Crippen LogP contribution in [-0.4, -0.2) is 45.6 Å². The van der Waals surface area contributed by atoms with E-state index in [4.69, 9.17) is 0 Å². The summed E-state index contributed by atoms with van der Waals surface area (Å²) in [6, 6.07) is 17.6. The summed E-state index contributed by atoms with van der Waals surface area (Å²) in [5.41, 5.74) is 0.578. The number of carbonyl (C=O) groups is 2. The number of benzene rings is 3. The van der Waals surface area contributed by atoms with Crippen LogP contribution < -0.4 is 5.32 Å². The number of anilines is 1. The Morgan fingerprint density at radius 1 is 1.00 bits per heavy atom. The van der Waals surface area contributed by atoms with Crippen LogP contribution in [0.25, 0.3) is 21.5 Å². The Kier molecular flexibility index (Phi) is 4.49. The number of carbonyl (C=O) groups excluding carboxylic acids is 2. The smallest absolute Gasteiger partial charge is 0.259 e. The minimum Gasteiger partial charge on any atom is -0.347 e. The third-order valence-corrected chi connectivity index (χ3v) is 4.56. The van der Waals surface area contributed by atoms with E-state index < -0.39 is 0 Å². The summed E-state index contributed by atoms with van der Waals surface area (Å²) in [7, 11) is 3.35. The van der Waals surface area contributed by atoms with E-state index in [0.29, 0.717) is 5.56 Å². The normalized spacial score (nSPS) is 10.9. The first-order chi connectivity index (χ1) is 13.5. The third kappa shape index (κ3) is 3.29. The number of aromatic nitrogens is 3. The maximum absolute atomic E-state index is 13.1. The molecule has 7 nitrogen and oxygen atoms in total. The monoisotopic (exact) mass is 373 g/mol. The second-order valence-electron chi connectivity index (χ2n) is 6.70. The molecule has 140 valence electrons. The Hall–Kier alpha value is -3.74. The van der Waals surface area contributed by atoms with Gasteiger partial charge in [-0.25, -0.2) is 9.67 Å². The van der Waals surface area contributed by atoms with E-state index >= 15 is 0 Å². The standard InChI is InChI=1S/C21H19N5O2/c1-25(2)18(27)12-26-13-22-21(24-26)23-20(28)19-16-9-5-3-7-14(16)11-15-8-4-6-10-17(15)19/h3-11,13H,12H2,1-2H3,(H,23,24,28). The highest BCUT2D eigenvalue weighted by atomic mass is 16.2. The largest absolute Gasteiger partial charge is 0.347 e. The van der Waals surface area contributed by atoms with Crippen molar-refractivity contribution in [1.82, 2.24) is 19.7 Å². The maximum Gasteiger partial charge on any atom is 0.259 e. The number of nitrogens with zero attached hydrogens (tertiary/aromatic N) is 4. The second-order valence-corrected chi connectivity index (χ2v) is 6.70. The number of amides is 2. The fourth-order valence-electron chi connectivity index (χ4n) is 3.13. The molecular weight excluding hydrogens is 354 g/mol. The molecule has 0 spiro atoms. The first-order valence-corrected chi connectivity index (χ1v) is 8.84. The Bertz CT molecular complexity index is 1140. The molecule has 0 atom stereocenters. The molecule has 1 aromatic heterocycles. The lowest BCUT2D eigenvalue weighted by Crippen LogP contribution is -2.26. The van der Waals surface area contributed by atoms with Crippen molar-refractivity contribution in [2.75, 3.05) is 19.4 Å². The van der Waals surface area contributed by atoms with Gasteiger partial charge in [0.05, 0.1) is 5.56 Å². The van der Waals surface area contributed by atoms with Gasteiger partial charge in [-0.05, 0) is 27.6 Å². The summed E-state index contributed by atoms with van der Waals surface area (Å²) in [5, 5.41) is 10.6. The van der Waals surface area contributed by atoms with E-state index in [-0.39, 0.29) is 24.3 Å². The average molecular weight is 373 g/mol. The molecule has 0 aliphatic carbocycles. The van der Waals surface area contributed by atoms with Crippen LogP contribution in [-0.2, 0) is 11.3 Å². The highest BCUT2D eigenvalue weighted by Crippen LogP contribution is 2.28. The lowest BCUT2D eigenvalue weighted by molar-refractivity contribution is -0.129. The summed E-state index contributed by atoms with van der Waals surface area (Å²) in [6.07, 6.45) is 1.43. The molecule has 4 rings (SSSR count). The number of likely N-dealkylation sites (N-methyl/N-ethyl adjacent to an activating group) is 1.